The summed E-state index contributed by atoms with van der Waals surface area (Å²) in [7, 11) is 1.71. The van der Waals surface area contributed by atoms with Gasteiger partial charge < -0.3 is 14.6 Å². The van der Waals surface area contributed by atoms with Crippen molar-refractivity contribution >= 4 is 22.4 Å². The second-order valence-corrected chi connectivity index (χ2v) is 8.12. The van der Waals surface area contributed by atoms with E-state index in [1.807, 2.05) is 66.9 Å². The summed E-state index contributed by atoms with van der Waals surface area (Å²) in [5.41, 5.74) is 3.88. The SMILES string of the molecule is COc1ccccc1N1CCN([C@@H](C(=O)c2c[nH]c3ccccc23)c2ccccc2)CC1. The van der Waals surface area contributed by atoms with Crippen LogP contribution in [0.15, 0.2) is 85.1 Å². The Morgan fingerprint density at radius 2 is 1.56 bits per heavy atom. The number of H-pyrrole nitrogens is 1. The second kappa shape index (κ2) is 8.89. The molecule has 4 aromatic rings. The number of nitrogens with zero attached hydrogens (tertiary/aromatic N) is 2. The van der Waals surface area contributed by atoms with Crippen LogP contribution in [0.1, 0.15) is 22.0 Å². The van der Waals surface area contributed by atoms with Crippen LogP contribution in [0.5, 0.6) is 5.75 Å². The minimum atomic E-state index is -0.310. The van der Waals surface area contributed by atoms with Crippen LogP contribution in [0.4, 0.5) is 5.69 Å². The molecule has 1 aliphatic rings. The molecule has 0 spiro atoms. The molecule has 0 unspecified atom stereocenters. The number of nitrogens with one attached hydrogen (secondary N) is 1. The van der Waals surface area contributed by atoms with E-state index in [4.69, 9.17) is 4.74 Å². The monoisotopic (exact) mass is 425 g/mol. The van der Waals surface area contributed by atoms with Crippen molar-refractivity contribution in [3.8, 4) is 5.75 Å². The summed E-state index contributed by atoms with van der Waals surface area (Å²) >= 11 is 0. The highest BCUT2D eigenvalue weighted by molar-refractivity contribution is 6.10. The Kier molecular flexibility index (Phi) is 5.65. The lowest BCUT2D eigenvalue weighted by atomic mass is 9.95. The summed E-state index contributed by atoms with van der Waals surface area (Å²) in [6.45, 7) is 3.27. The number of carbonyl (C=O) groups is 1. The normalized spacial score (nSPS) is 15.6. The molecule has 1 N–H and O–H groups in total. The number of hydrogen-bond donors (Lipinski definition) is 1. The maximum absolute atomic E-state index is 13.9. The highest BCUT2D eigenvalue weighted by Crippen LogP contribution is 2.32. The Morgan fingerprint density at radius 3 is 2.34 bits per heavy atom. The van der Waals surface area contributed by atoms with Crippen LogP contribution < -0.4 is 9.64 Å². The number of para-hydroxylation sites is 3. The van der Waals surface area contributed by atoms with Crippen LogP contribution in [0, 0.1) is 0 Å². The number of carbonyl (C=O) groups excluding carboxylic acids is 1. The van der Waals surface area contributed by atoms with E-state index in [9.17, 15) is 4.79 Å². The number of piperazine rings is 1. The number of hydrogen-bond acceptors (Lipinski definition) is 4. The van der Waals surface area contributed by atoms with Gasteiger partial charge in [0.1, 0.15) is 5.75 Å². The molecular formula is C27H27N3O2. The molecule has 3 aromatic carbocycles. The number of Topliss-reactive ketones (excluding diaryl/α,β-unsaturated/α-hetero) is 1. The maximum Gasteiger partial charge on any atom is 0.186 e. The molecule has 0 radical (unpaired) electrons. The highest BCUT2D eigenvalue weighted by Gasteiger charge is 2.32. The fourth-order valence-corrected chi connectivity index (χ4v) is 4.70. The van der Waals surface area contributed by atoms with Crippen molar-refractivity contribution in [3.05, 3.63) is 96.2 Å². The molecule has 1 atom stereocenters. The van der Waals surface area contributed by atoms with Gasteiger partial charge >= 0.3 is 0 Å². The molecule has 0 amide bonds. The topological polar surface area (TPSA) is 48.6 Å². The number of aromatic amines is 1. The summed E-state index contributed by atoms with van der Waals surface area (Å²) in [5, 5.41) is 0.978. The molecule has 1 aromatic heterocycles. The van der Waals surface area contributed by atoms with E-state index >= 15 is 0 Å². The molecular weight excluding hydrogens is 398 g/mol. The van der Waals surface area contributed by atoms with Crippen LogP contribution in [0.25, 0.3) is 10.9 Å². The summed E-state index contributed by atoms with van der Waals surface area (Å²) in [4.78, 5) is 21.8. The van der Waals surface area contributed by atoms with Gasteiger partial charge in [-0.1, -0.05) is 60.7 Å². The Labute approximate surface area is 188 Å². The van der Waals surface area contributed by atoms with Gasteiger partial charge in [-0.15, -0.1) is 0 Å². The minimum absolute atomic E-state index is 0.138. The number of fused-ring (bicyclic) bond motifs is 1. The second-order valence-electron chi connectivity index (χ2n) is 8.12. The van der Waals surface area contributed by atoms with Crippen molar-refractivity contribution < 1.29 is 9.53 Å². The zero-order valence-electron chi connectivity index (χ0n) is 18.2. The van der Waals surface area contributed by atoms with Crippen molar-refractivity contribution in [1.29, 1.82) is 0 Å². The quantitative estimate of drug-likeness (QED) is 0.446. The number of rotatable bonds is 6. The Bertz CT molecular complexity index is 1210. The van der Waals surface area contributed by atoms with Gasteiger partial charge in [-0.25, -0.2) is 0 Å². The van der Waals surface area contributed by atoms with Crippen LogP contribution in [0.2, 0.25) is 0 Å². The molecule has 32 heavy (non-hydrogen) atoms. The largest absolute Gasteiger partial charge is 0.495 e. The average Bonchev–Trinajstić information content (AvgIpc) is 3.29. The highest BCUT2D eigenvalue weighted by atomic mass is 16.5. The lowest BCUT2D eigenvalue weighted by Crippen LogP contribution is -2.49. The van der Waals surface area contributed by atoms with Gasteiger partial charge in [-0.2, -0.15) is 0 Å². The number of aromatic nitrogens is 1. The zero-order valence-corrected chi connectivity index (χ0v) is 18.2. The molecule has 1 fully saturated rings. The Hall–Kier alpha value is -3.57. The van der Waals surface area contributed by atoms with Crippen LogP contribution >= 0.6 is 0 Å². The first-order valence-corrected chi connectivity index (χ1v) is 11.0. The molecule has 5 rings (SSSR count). The molecule has 5 nitrogen and oxygen atoms in total. The van der Waals surface area contributed by atoms with E-state index in [1.54, 1.807) is 7.11 Å². The molecule has 0 bridgehead atoms. The van der Waals surface area contributed by atoms with E-state index < -0.39 is 0 Å². The molecule has 162 valence electrons. The van der Waals surface area contributed by atoms with Gasteiger partial charge in [-0.05, 0) is 23.8 Å². The molecule has 5 heteroatoms. The number of ketones is 1. The van der Waals surface area contributed by atoms with Crippen LogP contribution in [0.3, 0.4) is 0 Å². The van der Waals surface area contributed by atoms with Crippen molar-refractivity contribution in [3.63, 3.8) is 0 Å². The van der Waals surface area contributed by atoms with Gasteiger partial charge in [0.2, 0.25) is 0 Å². The lowest BCUT2D eigenvalue weighted by Gasteiger charge is -2.40. The van der Waals surface area contributed by atoms with E-state index in [2.05, 4.69) is 33.0 Å². The number of methoxy groups -OCH3 is 1. The Morgan fingerprint density at radius 1 is 0.875 bits per heavy atom. The molecule has 2 heterocycles. The molecule has 1 aliphatic heterocycles. The average molecular weight is 426 g/mol. The van der Waals surface area contributed by atoms with Crippen molar-refractivity contribution in [2.45, 2.75) is 6.04 Å². The lowest BCUT2D eigenvalue weighted by molar-refractivity contribution is 0.0808. The number of anilines is 1. The maximum atomic E-state index is 13.9. The third kappa shape index (κ3) is 3.76. The van der Waals surface area contributed by atoms with Crippen molar-refractivity contribution in [2.75, 3.05) is 38.2 Å². The standard InChI is InChI=1S/C27H27N3O2/c1-32-25-14-8-7-13-24(25)29-15-17-30(18-16-29)26(20-9-3-2-4-10-20)27(31)22-19-28-23-12-6-5-11-21(22)23/h2-14,19,26,28H,15-18H2,1H3/t26-/m1/s1. The van der Waals surface area contributed by atoms with Crippen molar-refractivity contribution in [1.82, 2.24) is 9.88 Å². The number of ether oxygens (including phenoxy) is 1. The molecule has 0 saturated carbocycles. The summed E-state index contributed by atoms with van der Waals surface area (Å²) in [6.07, 6.45) is 1.86. The summed E-state index contributed by atoms with van der Waals surface area (Å²) in [5.74, 6) is 1.02. The van der Waals surface area contributed by atoms with Gasteiger partial charge in [0, 0.05) is 48.8 Å². The fraction of sp³-hybridized carbons (Fsp3) is 0.222. The predicted molar refractivity (Wildman–Crippen MR) is 129 cm³/mol. The van der Waals surface area contributed by atoms with Crippen molar-refractivity contribution in [2.24, 2.45) is 0 Å². The first kappa shape index (κ1) is 20.3. The van der Waals surface area contributed by atoms with Crippen LogP contribution in [-0.4, -0.2) is 49.0 Å². The fourth-order valence-electron chi connectivity index (χ4n) is 4.70. The van der Waals surface area contributed by atoms with Gasteiger partial charge in [-0.3, -0.25) is 9.69 Å². The van der Waals surface area contributed by atoms with Crippen LogP contribution in [-0.2, 0) is 0 Å². The zero-order chi connectivity index (χ0) is 21.9. The van der Waals surface area contributed by atoms with E-state index in [1.165, 1.54) is 0 Å². The van der Waals surface area contributed by atoms with Gasteiger partial charge in [0.15, 0.2) is 5.78 Å². The Balaban J connectivity index is 1.43. The minimum Gasteiger partial charge on any atom is -0.495 e. The first-order valence-electron chi connectivity index (χ1n) is 11.0. The first-order chi connectivity index (χ1) is 15.8. The van der Waals surface area contributed by atoms with E-state index in [0.29, 0.717) is 0 Å². The molecule has 0 aliphatic carbocycles. The van der Waals surface area contributed by atoms with E-state index in [0.717, 1.165) is 59.6 Å². The third-order valence-corrected chi connectivity index (χ3v) is 6.32. The van der Waals surface area contributed by atoms with Gasteiger partial charge in [0.25, 0.3) is 0 Å². The van der Waals surface area contributed by atoms with Gasteiger partial charge in [0.05, 0.1) is 18.8 Å². The van der Waals surface area contributed by atoms with E-state index in [-0.39, 0.29) is 11.8 Å². The number of benzene rings is 3. The summed E-state index contributed by atoms with van der Waals surface area (Å²) in [6, 6.07) is 25.9. The third-order valence-electron chi connectivity index (χ3n) is 6.32. The summed E-state index contributed by atoms with van der Waals surface area (Å²) < 4.78 is 5.56. The smallest absolute Gasteiger partial charge is 0.186 e. The molecule has 1 saturated heterocycles. The predicted octanol–water partition coefficient (Wildman–Crippen LogP) is 4.92.